The van der Waals surface area contributed by atoms with E-state index in [1.165, 1.54) is 12.8 Å². The van der Waals surface area contributed by atoms with Gasteiger partial charge in [0, 0.05) is 39.2 Å². The van der Waals surface area contributed by atoms with Crippen molar-refractivity contribution < 1.29 is 9.47 Å². The predicted molar refractivity (Wildman–Crippen MR) is 70.2 cm³/mol. The fourth-order valence-electron chi connectivity index (χ4n) is 2.41. The van der Waals surface area contributed by atoms with Crippen molar-refractivity contribution >= 4 is 15.9 Å². The molecule has 0 saturated carbocycles. The second kappa shape index (κ2) is 7.64. The van der Waals surface area contributed by atoms with Crippen LogP contribution in [0.2, 0.25) is 0 Å². The standard InChI is InChI=1S/C12H24BrNO2/c1-4-5-10(6-13)7-14-8-11(15-2)12(9-14)16-3/h10-12H,4-9H2,1-3H3. The van der Waals surface area contributed by atoms with E-state index in [1.54, 1.807) is 14.2 Å². The van der Waals surface area contributed by atoms with Crippen molar-refractivity contribution in [3.63, 3.8) is 0 Å². The van der Waals surface area contributed by atoms with Crippen molar-refractivity contribution in [2.45, 2.75) is 32.0 Å². The summed E-state index contributed by atoms with van der Waals surface area (Å²) in [5, 5.41) is 1.09. The molecule has 3 unspecified atom stereocenters. The molecular weight excluding hydrogens is 270 g/mol. The number of ether oxygens (including phenoxy) is 2. The van der Waals surface area contributed by atoms with Crippen LogP contribution in [0.5, 0.6) is 0 Å². The fourth-order valence-corrected chi connectivity index (χ4v) is 2.94. The number of rotatable bonds is 7. The number of halogens is 1. The van der Waals surface area contributed by atoms with Gasteiger partial charge in [0.15, 0.2) is 0 Å². The molecule has 96 valence electrons. The van der Waals surface area contributed by atoms with Gasteiger partial charge in [-0.3, -0.25) is 4.90 Å². The maximum absolute atomic E-state index is 5.44. The van der Waals surface area contributed by atoms with Crippen LogP contribution in [0.3, 0.4) is 0 Å². The maximum Gasteiger partial charge on any atom is 0.0971 e. The molecule has 1 aliphatic heterocycles. The minimum Gasteiger partial charge on any atom is -0.377 e. The lowest BCUT2D eigenvalue weighted by atomic mass is 10.1. The number of alkyl halides is 1. The highest BCUT2D eigenvalue weighted by molar-refractivity contribution is 9.09. The maximum atomic E-state index is 5.44. The summed E-state index contributed by atoms with van der Waals surface area (Å²) in [7, 11) is 3.54. The summed E-state index contributed by atoms with van der Waals surface area (Å²) in [5.74, 6) is 0.748. The Morgan fingerprint density at radius 2 is 1.81 bits per heavy atom. The van der Waals surface area contributed by atoms with E-state index >= 15 is 0 Å². The number of hydrogen-bond donors (Lipinski definition) is 0. The molecule has 0 spiro atoms. The van der Waals surface area contributed by atoms with Gasteiger partial charge >= 0.3 is 0 Å². The Morgan fingerprint density at radius 3 is 2.19 bits per heavy atom. The number of hydrogen-bond acceptors (Lipinski definition) is 3. The van der Waals surface area contributed by atoms with Crippen LogP contribution >= 0.6 is 15.9 Å². The van der Waals surface area contributed by atoms with Gasteiger partial charge in [-0.05, 0) is 12.3 Å². The third kappa shape index (κ3) is 3.99. The minimum atomic E-state index is 0.239. The smallest absolute Gasteiger partial charge is 0.0971 e. The van der Waals surface area contributed by atoms with Crippen LogP contribution in [0.1, 0.15) is 19.8 Å². The zero-order valence-corrected chi connectivity index (χ0v) is 12.2. The first-order chi connectivity index (χ1) is 7.74. The Bertz CT molecular complexity index is 180. The van der Waals surface area contributed by atoms with E-state index in [1.807, 2.05) is 0 Å². The van der Waals surface area contributed by atoms with Gasteiger partial charge in [-0.25, -0.2) is 0 Å². The van der Waals surface area contributed by atoms with Crippen molar-refractivity contribution in [2.75, 3.05) is 39.2 Å². The molecule has 4 heteroatoms. The second-order valence-corrected chi connectivity index (χ2v) is 5.22. The molecule has 0 N–H and O–H groups in total. The van der Waals surface area contributed by atoms with E-state index in [4.69, 9.17) is 9.47 Å². The van der Waals surface area contributed by atoms with Gasteiger partial charge in [-0.2, -0.15) is 0 Å². The molecule has 0 amide bonds. The van der Waals surface area contributed by atoms with E-state index in [9.17, 15) is 0 Å². The summed E-state index contributed by atoms with van der Waals surface area (Å²) in [5.41, 5.74) is 0. The Labute approximate surface area is 108 Å². The highest BCUT2D eigenvalue weighted by Crippen LogP contribution is 2.19. The van der Waals surface area contributed by atoms with E-state index in [2.05, 4.69) is 27.8 Å². The zero-order chi connectivity index (χ0) is 12.0. The topological polar surface area (TPSA) is 21.7 Å². The van der Waals surface area contributed by atoms with Crippen molar-refractivity contribution in [1.82, 2.24) is 4.90 Å². The lowest BCUT2D eigenvalue weighted by Gasteiger charge is -2.21. The SMILES string of the molecule is CCCC(CBr)CN1CC(OC)C(OC)C1. The molecule has 0 aromatic rings. The molecule has 1 rings (SSSR count). The number of methoxy groups -OCH3 is 2. The lowest BCUT2D eigenvalue weighted by Crippen LogP contribution is -2.29. The van der Waals surface area contributed by atoms with Crippen molar-refractivity contribution in [2.24, 2.45) is 5.92 Å². The molecule has 0 aromatic heterocycles. The predicted octanol–water partition coefficient (Wildman–Crippen LogP) is 2.14. The zero-order valence-electron chi connectivity index (χ0n) is 10.6. The average molecular weight is 294 g/mol. The molecule has 3 atom stereocenters. The molecule has 0 aromatic carbocycles. The number of likely N-dealkylation sites (tertiary alicyclic amines) is 1. The lowest BCUT2D eigenvalue weighted by molar-refractivity contribution is -0.00461. The molecule has 1 saturated heterocycles. The van der Waals surface area contributed by atoms with Gasteiger partial charge in [0.2, 0.25) is 0 Å². The Balaban J connectivity index is 2.38. The van der Waals surface area contributed by atoms with Crippen LogP contribution in [0, 0.1) is 5.92 Å². The monoisotopic (exact) mass is 293 g/mol. The molecule has 0 bridgehead atoms. The Morgan fingerprint density at radius 1 is 1.25 bits per heavy atom. The summed E-state index contributed by atoms with van der Waals surface area (Å²) in [6, 6.07) is 0. The molecular formula is C12H24BrNO2. The first kappa shape index (κ1) is 14.4. The highest BCUT2D eigenvalue weighted by Gasteiger charge is 2.33. The quantitative estimate of drug-likeness (QED) is 0.672. The van der Waals surface area contributed by atoms with Crippen molar-refractivity contribution in [3.8, 4) is 0 Å². The van der Waals surface area contributed by atoms with Gasteiger partial charge in [-0.15, -0.1) is 0 Å². The van der Waals surface area contributed by atoms with Gasteiger partial charge in [0.1, 0.15) is 0 Å². The van der Waals surface area contributed by atoms with E-state index in [-0.39, 0.29) is 12.2 Å². The van der Waals surface area contributed by atoms with Gasteiger partial charge in [-0.1, -0.05) is 29.3 Å². The van der Waals surface area contributed by atoms with Crippen LogP contribution in [-0.4, -0.2) is 56.3 Å². The van der Waals surface area contributed by atoms with Crippen molar-refractivity contribution in [1.29, 1.82) is 0 Å². The van der Waals surface area contributed by atoms with Crippen LogP contribution in [0.25, 0.3) is 0 Å². The summed E-state index contributed by atoms with van der Waals surface area (Å²) in [6.45, 7) is 5.40. The molecule has 3 nitrogen and oxygen atoms in total. The normalized spacial score (nSPS) is 28.5. The summed E-state index contributed by atoms with van der Waals surface area (Å²) in [4.78, 5) is 2.46. The third-order valence-corrected chi connectivity index (χ3v) is 4.24. The summed E-state index contributed by atoms with van der Waals surface area (Å²) >= 11 is 3.60. The minimum absolute atomic E-state index is 0.239. The van der Waals surface area contributed by atoms with Gasteiger partial charge < -0.3 is 9.47 Å². The molecule has 1 fully saturated rings. The summed E-state index contributed by atoms with van der Waals surface area (Å²) < 4.78 is 10.9. The first-order valence-corrected chi connectivity index (χ1v) is 7.21. The molecule has 16 heavy (non-hydrogen) atoms. The highest BCUT2D eigenvalue weighted by atomic mass is 79.9. The summed E-state index contributed by atoms with van der Waals surface area (Å²) in [6.07, 6.45) is 3.02. The number of nitrogens with zero attached hydrogens (tertiary/aromatic N) is 1. The van der Waals surface area contributed by atoms with Gasteiger partial charge in [0.05, 0.1) is 12.2 Å². The fraction of sp³-hybridized carbons (Fsp3) is 1.00. The largest absolute Gasteiger partial charge is 0.377 e. The molecule has 0 aliphatic carbocycles. The van der Waals surface area contributed by atoms with Crippen LogP contribution < -0.4 is 0 Å². The molecule has 1 heterocycles. The van der Waals surface area contributed by atoms with E-state index in [0.29, 0.717) is 0 Å². The van der Waals surface area contributed by atoms with Crippen LogP contribution in [0.4, 0.5) is 0 Å². The molecule has 0 radical (unpaired) electrons. The Hall–Kier alpha value is 0.360. The van der Waals surface area contributed by atoms with Crippen LogP contribution in [-0.2, 0) is 9.47 Å². The van der Waals surface area contributed by atoms with E-state index in [0.717, 1.165) is 30.9 Å². The Kier molecular flexibility index (Phi) is 6.89. The average Bonchev–Trinajstić information content (AvgIpc) is 2.70. The van der Waals surface area contributed by atoms with Gasteiger partial charge in [0.25, 0.3) is 0 Å². The van der Waals surface area contributed by atoms with Crippen molar-refractivity contribution in [3.05, 3.63) is 0 Å². The first-order valence-electron chi connectivity index (χ1n) is 6.09. The second-order valence-electron chi connectivity index (χ2n) is 4.58. The van der Waals surface area contributed by atoms with Crippen LogP contribution in [0.15, 0.2) is 0 Å². The molecule has 1 aliphatic rings. The van der Waals surface area contributed by atoms with E-state index < -0.39 is 0 Å². The third-order valence-electron chi connectivity index (χ3n) is 3.33.